The van der Waals surface area contributed by atoms with Crippen molar-refractivity contribution in [1.29, 1.82) is 0 Å². The van der Waals surface area contributed by atoms with Gasteiger partial charge in [-0.1, -0.05) is 91.4 Å². The van der Waals surface area contributed by atoms with Gasteiger partial charge < -0.3 is 4.90 Å². The zero-order valence-electron chi connectivity index (χ0n) is 15.6. The number of hydrogen-bond acceptors (Lipinski definition) is 1. The fourth-order valence-electron chi connectivity index (χ4n) is 3.24. The molecular formula is C20H43N. The molecule has 0 aromatic rings. The summed E-state index contributed by atoms with van der Waals surface area (Å²) in [7, 11) is 2.19. The third-order valence-corrected chi connectivity index (χ3v) is 4.72. The van der Waals surface area contributed by atoms with E-state index in [9.17, 15) is 0 Å². The molecule has 0 aromatic carbocycles. The largest absolute Gasteiger partial charge is 0.306 e. The number of rotatable bonds is 0. The molecule has 0 unspecified atom stereocenters. The minimum Gasteiger partial charge on any atom is -0.306 e. The zero-order valence-corrected chi connectivity index (χ0v) is 15.6. The van der Waals surface area contributed by atoms with Crippen molar-refractivity contribution in [3.8, 4) is 0 Å². The van der Waals surface area contributed by atoms with E-state index in [4.69, 9.17) is 0 Å². The normalized spacial score (nSPS) is 22.9. The molecule has 1 heterocycles. The molecule has 128 valence electrons. The molecule has 1 heteroatoms. The van der Waals surface area contributed by atoms with Gasteiger partial charge in [0, 0.05) is 0 Å². The van der Waals surface area contributed by atoms with Gasteiger partial charge in [0.1, 0.15) is 0 Å². The van der Waals surface area contributed by atoms with Crippen molar-refractivity contribution >= 4 is 0 Å². The Kier molecular flexibility index (Phi) is 16.3. The Morgan fingerprint density at radius 3 is 1.14 bits per heavy atom. The van der Waals surface area contributed by atoms with Gasteiger partial charge in [0.2, 0.25) is 0 Å². The van der Waals surface area contributed by atoms with Crippen molar-refractivity contribution in [2.45, 2.75) is 104 Å². The van der Waals surface area contributed by atoms with Gasteiger partial charge in [-0.3, -0.25) is 0 Å². The van der Waals surface area contributed by atoms with E-state index in [1.165, 1.54) is 96.6 Å². The first-order chi connectivity index (χ1) is 10.3. The highest BCUT2D eigenvalue weighted by Gasteiger charge is 2.06. The standard InChI is InChI=1S/C7H14.C6H13N.C5H10.C2H6/c2*1-7-5-3-2-4-6-7;1-2-4-5-3-1;1-2/h7H,2-6H2,1H3;2-6H2,1H3;1-5H2;1-2H3. The Labute approximate surface area is 135 Å². The average Bonchev–Trinajstić information content (AvgIpc) is 3.11. The third kappa shape index (κ3) is 14.7. The fourth-order valence-corrected chi connectivity index (χ4v) is 3.24. The molecule has 0 radical (unpaired) electrons. The Balaban J connectivity index is 0.000000273. The van der Waals surface area contributed by atoms with Gasteiger partial charge in [0.05, 0.1) is 0 Å². The number of hydrogen-bond donors (Lipinski definition) is 0. The Morgan fingerprint density at radius 2 is 0.905 bits per heavy atom. The average molecular weight is 298 g/mol. The summed E-state index contributed by atoms with van der Waals surface area (Å²) in [5.41, 5.74) is 0. The van der Waals surface area contributed by atoms with Crippen LogP contribution in [0, 0.1) is 5.92 Å². The van der Waals surface area contributed by atoms with Crippen LogP contribution in [0.3, 0.4) is 0 Å². The minimum atomic E-state index is 1.04. The zero-order chi connectivity index (χ0) is 15.8. The van der Waals surface area contributed by atoms with Gasteiger partial charge in [-0.15, -0.1) is 0 Å². The van der Waals surface area contributed by atoms with E-state index in [1.807, 2.05) is 13.8 Å². The summed E-state index contributed by atoms with van der Waals surface area (Å²) >= 11 is 0. The van der Waals surface area contributed by atoms with Crippen molar-refractivity contribution in [3.05, 3.63) is 0 Å². The van der Waals surface area contributed by atoms with Crippen LogP contribution in [-0.2, 0) is 0 Å². The van der Waals surface area contributed by atoms with E-state index >= 15 is 0 Å². The predicted octanol–water partition coefficient (Wildman–Crippen LogP) is 6.67. The van der Waals surface area contributed by atoms with Crippen LogP contribution < -0.4 is 0 Å². The minimum absolute atomic E-state index is 1.04. The van der Waals surface area contributed by atoms with E-state index in [2.05, 4.69) is 18.9 Å². The van der Waals surface area contributed by atoms with Crippen molar-refractivity contribution in [3.63, 3.8) is 0 Å². The van der Waals surface area contributed by atoms with Crippen molar-refractivity contribution < 1.29 is 0 Å². The summed E-state index contributed by atoms with van der Waals surface area (Å²) in [4.78, 5) is 2.39. The van der Waals surface area contributed by atoms with Crippen LogP contribution in [0.25, 0.3) is 0 Å². The summed E-state index contributed by atoms with van der Waals surface area (Å²) in [6, 6.07) is 0. The highest BCUT2D eigenvalue weighted by atomic mass is 15.1. The number of piperidine rings is 1. The summed E-state index contributed by atoms with van der Waals surface area (Å²) in [6.45, 7) is 9.00. The highest BCUT2D eigenvalue weighted by molar-refractivity contribution is 4.59. The van der Waals surface area contributed by atoms with Crippen LogP contribution >= 0.6 is 0 Å². The van der Waals surface area contributed by atoms with Gasteiger partial charge in [-0.25, -0.2) is 0 Å². The van der Waals surface area contributed by atoms with Crippen molar-refractivity contribution in [2.24, 2.45) is 5.92 Å². The lowest BCUT2D eigenvalue weighted by Gasteiger charge is -2.20. The van der Waals surface area contributed by atoms with Gasteiger partial charge in [0.25, 0.3) is 0 Å². The second-order valence-electron chi connectivity index (χ2n) is 6.87. The quantitative estimate of drug-likeness (QED) is 0.483. The fraction of sp³-hybridized carbons (Fsp3) is 1.00. The van der Waals surface area contributed by atoms with Crippen LogP contribution in [0.5, 0.6) is 0 Å². The first-order valence-electron chi connectivity index (χ1n) is 9.97. The molecule has 0 bridgehead atoms. The second kappa shape index (κ2) is 16.3. The van der Waals surface area contributed by atoms with Gasteiger partial charge in [-0.05, 0) is 38.9 Å². The summed E-state index contributed by atoms with van der Waals surface area (Å²) in [6.07, 6.45) is 19.2. The second-order valence-corrected chi connectivity index (χ2v) is 6.87. The molecule has 0 aromatic heterocycles. The molecule has 0 N–H and O–H groups in total. The molecule has 0 amide bonds. The first kappa shape index (κ1) is 21.0. The third-order valence-electron chi connectivity index (χ3n) is 4.72. The van der Waals surface area contributed by atoms with Crippen molar-refractivity contribution in [1.82, 2.24) is 4.90 Å². The Hall–Kier alpha value is -0.0400. The van der Waals surface area contributed by atoms with Gasteiger partial charge in [-0.2, -0.15) is 0 Å². The van der Waals surface area contributed by atoms with Crippen LogP contribution in [0.4, 0.5) is 0 Å². The SMILES string of the molecule is C1CCCC1.CC.CC1CCCCC1.CN1CCCCC1. The number of nitrogens with zero attached hydrogens (tertiary/aromatic N) is 1. The molecule has 0 spiro atoms. The van der Waals surface area contributed by atoms with E-state index in [0.29, 0.717) is 0 Å². The molecule has 0 atom stereocenters. The molecule has 3 fully saturated rings. The summed E-state index contributed by atoms with van der Waals surface area (Å²) in [5, 5.41) is 0. The van der Waals surface area contributed by atoms with E-state index < -0.39 is 0 Å². The van der Waals surface area contributed by atoms with Crippen LogP contribution in [0.1, 0.15) is 104 Å². The van der Waals surface area contributed by atoms with Crippen LogP contribution in [0.2, 0.25) is 0 Å². The lowest BCUT2D eigenvalue weighted by atomic mass is 9.91. The van der Waals surface area contributed by atoms with E-state index in [1.54, 1.807) is 0 Å². The Morgan fingerprint density at radius 1 is 0.571 bits per heavy atom. The summed E-state index contributed by atoms with van der Waals surface area (Å²) < 4.78 is 0. The van der Waals surface area contributed by atoms with Gasteiger partial charge >= 0.3 is 0 Å². The molecule has 3 rings (SSSR count). The molecule has 2 aliphatic carbocycles. The lowest BCUT2D eigenvalue weighted by Crippen LogP contribution is -2.24. The Bertz CT molecular complexity index is 151. The monoisotopic (exact) mass is 297 g/mol. The first-order valence-corrected chi connectivity index (χ1v) is 9.97. The molecular weight excluding hydrogens is 254 g/mol. The lowest BCUT2D eigenvalue weighted by molar-refractivity contribution is 0.277. The summed E-state index contributed by atoms with van der Waals surface area (Å²) in [5.74, 6) is 1.04. The maximum absolute atomic E-state index is 2.39. The van der Waals surface area contributed by atoms with Crippen LogP contribution in [0.15, 0.2) is 0 Å². The van der Waals surface area contributed by atoms with E-state index in [-0.39, 0.29) is 0 Å². The van der Waals surface area contributed by atoms with Gasteiger partial charge in [0.15, 0.2) is 0 Å². The number of likely N-dealkylation sites (tertiary alicyclic amines) is 1. The topological polar surface area (TPSA) is 3.24 Å². The maximum atomic E-state index is 2.39. The molecule has 1 nitrogen and oxygen atoms in total. The smallest absolute Gasteiger partial charge is 0.00218 e. The molecule has 3 aliphatic rings. The highest BCUT2D eigenvalue weighted by Crippen LogP contribution is 2.22. The maximum Gasteiger partial charge on any atom is -0.00218 e. The molecule has 1 aliphatic heterocycles. The molecule has 2 saturated carbocycles. The molecule has 21 heavy (non-hydrogen) atoms. The molecule has 1 saturated heterocycles. The van der Waals surface area contributed by atoms with Crippen molar-refractivity contribution in [2.75, 3.05) is 20.1 Å². The predicted molar refractivity (Wildman–Crippen MR) is 98.0 cm³/mol. The van der Waals surface area contributed by atoms with E-state index in [0.717, 1.165) is 5.92 Å². The van der Waals surface area contributed by atoms with Crippen LogP contribution in [-0.4, -0.2) is 25.0 Å².